The van der Waals surface area contributed by atoms with Crippen molar-refractivity contribution in [3.63, 3.8) is 0 Å². The second-order valence-corrected chi connectivity index (χ2v) is 9.19. The van der Waals surface area contributed by atoms with Gasteiger partial charge in [-0.15, -0.1) is 11.3 Å². The number of hydrogen-bond donors (Lipinski definition) is 1. The normalized spacial score (nSPS) is 10.8. The maximum absolute atomic E-state index is 12.1. The van der Waals surface area contributed by atoms with Gasteiger partial charge in [-0.05, 0) is 49.6 Å². The molecule has 162 valence electrons. The molecule has 3 rings (SSSR count). The number of thiazole rings is 1. The average molecular weight is 460 g/mol. The number of aromatic nitrogens is 1. The topological polar surface area (TPSA) is 111 Å². The summed E-state index contributed by atoms with van der Waals surface area (Å²) < 4.78 is 7.06. The second kappa shape index (κ2) is 10.4. The molecule has 0 atom stereocenters. The van der Waals surface area contributed by atoms with E-state index in [4.69, 9.17) is 4.74 Å². The van der Waals surface area contributed by atoms with Crippen LogP contribution in [0.4, 0.5) is 11.4 Å². The molecule has 0 saturated heterocycles. The second-order valence-electron chi connectivity index (χ2n) is 6.82. The Morgan fingerprint density at radius 2 is 1.97 bits per heavy atom. The molecule has 3 aromatic rings. The SMILES string of the molecule is Cc1cc(NC(=O)COC(=O)CCCSc2nc3ccccc3s2)c([N+](=O)[O-])cc1C. The van der Waals surface area contributed by atoms with Crippen LogP contribution in [-0.4, -0.2) is 34.1 Å². The summed E-state index contributed by atoms with van der Waals surface area (Å²) in [5.41, 5.74) is 2.41. The van der Waals surface area contributed by atoms with Gasteiger partial charge >= 0.3 is 5.97 Å². The zero-order valence-corrected chi connectivity index (χ0v) is 18.7. The van der Waals surface area contributed by atoms with E-state index in [0.717, 1.165) is 25.7 Å². The van der Waals surface area contributed by atoms with Crippen molar-refractivity contribution in [2.45, 2.75) is 31.0 Å². The van der Waals surface area contributed by atoms with Crippen LogP contribution in [0.25, 0.3) is 10.2 Å². The van der Waals surface area contributed by atoms with Crippen molar-refractivity contribution in [1.29, 1.82) is 0 Å². The number of aryl methyl sites for hydroxylation is 2. The quantitative estimate of drug-likeness (QED) is 0.160. The molecule has 0 saturated carbocycles. The molecule has 0 aliphatic carbocycles. The molecule has 31 heavy (non-hydrogen) atoms. The van der Waals surface area contributed by atoms with Crippen LogP contribution in [0, 0.1) is 24.0 Å². The highest BCUT2D eigenvalue weighted by Crippen LogP contribution is 2.30. The van der Waals surface area contributed by atoms with E-state index in [1.807, 2.05) is 24.3 Å². The van der Waals surface area contributed by atoms with E-state index in [1.54, 1.807) is 36.9 Å². The molecule has 0 fully saturated rings. The lowest BCUT2D eigenvalue weighted by molar-refractivity contribution is -0.384. The highest BCUT2D eigenvalue weighted by Gasteiger charge is 2.18. The third kappa shape index (κ3) is 6.25. The van der Waals surface area contributed by atoms with Gasteiger partial charge in [-0.1, -0.05) is 23.9 Å². The Kier molecular flexibility index (Phi) is 7.59. The number of ether oxygens (including phenoxy) is 1. The van der Waals surface area contributed by atoms with Crippen molar-refractivity contribution in [1.82, 2.24) is 4.98 Å². The molecule has 1 aromatic heterocycles. The van der Waals surface area contributed by atoms with E-state index in [1.165, 1.54) is 12.1 Å². The Labute approximate surface area is 187 Å². The molecule has 0 aliphatic rings. The van der Waals surface area contributed by atoms with Crippen molar-refractivity contribution in [2.75, 3.05) is 17.7 Å². The molecule has 1 heterocycles. The Hall–Kier alpha value is -2.98. The molecular formula is C21H21N3O5S2. The molecule has 1 N–H and O–H groups in total. The molecule has 0 bridgehead atoms. The molecule has 8 nitrogen and oxygen atoms in total. The first kappa shape index (κ1) is 22.7. The first-order valence-electron chi connectivity index (χ1n) is 9.53. The van der Waals surface area contributed by atoms with Gasteiger partial charge in [-0.25, -0.2) is 4.98 Å². The summed E-state index contributed by atoms with van der Waals surface area (Å²) in [5.74, 6) is -0.408. The summed E-state index contributed by atoms with van der Waals surface area (Å²) in [6, 6.07) is 10.8. The predicted octanol–water partition coefficient (Wildman–Crippen LogP) is 4.88. The number of hydrogen-bond acceptors (Lipinski definition) is 8. The van der Waals surface area contributed by atoms with Crippen molar-refractivity contribution < 1.29 is 19.2 Å². The van der Waals surface area contributed by atoms with E-state index >= 15 is 0 Å². The Morgan fingerprint density at radius 1 is 1.23 bits per heavy atom. The van der Waals surface area contributed by atoms with Gasteiger partial charge in [0.15, 0.2) is 10.9 Å². The van der Waals surface area contributed by atoms with Gasteiger partial charge in [0.2, 0.25) is 0 Å². The third-order valence-electron chi connectivity index (χ3n) is 4.47. The van der Waals surface area contributed by atoms with Crippen LogP contribution in [0.1, 0.15) is 24.0 Å². The van der Waals surface area contributed by atoms with Gasteiger partial charge in [0, 0.05) is 18.2 Å². The third-order valence-corrected chi connectivity index (χ3v) is 6.74. The zero-order chi connectivity index (χ0) is 22.4. The maximum Gasteiger partial charge on any atom is 0.306 e. The first-order valence-corrected chi connectivity index (χ1v) is 11.3. The summed E-state index contributed by atoms with van der Waals surface area (Å²) in [6.45, 7) is 3.06. The lowest BCUT2D eigenvalue weighted by atomic mass is 10.1. The van der Waals surface area contributed by atoms with E-state index in [0.29, 0.717) is 12.2 Å². The van der Waals surface area contributed by atoms with E-state index < -0.39 is 23.4 Å². The Bertz CT molecular complexity index is 1100. The first-order chi connectivity index (χ1) is 14.8. The van der Waals surface area contributed by atoms with Crippen LogP contribution in [0.3, 0.4) is 0 Å². The van der Waals surface area contributed by atoms with Gasteiger partial charge < -0.3 is 10.1 Å². The van der Waals surface area contributed by atoms with Gasteiger partial charge in [-0.3, -0.25) is 19.7 Å². The number of para-hydroxylation sites is 1. The van der Waals surface area contributed by atoms with E-state index in [9.17, 15) is 19.7 Å². The van der Waals surface area contributed by atoms with Crippen molar-refractivity contribution in [3.8, 4) is 0 Å². The number of anilines is 1. The number of thioether (sulfide) groups is 1. The Morgan fingerprint density at radius 3 is 2.71 bits per heavy atom. The van der Waals surface area contributed by atoms with Crippen LogP contribution < -0.4 is 5.32 Å². The Balaban J connectivity index is 1.41. The fraction of sp³-hybridized carbons (Fsp3) is 0.286. The summed E-state index contributed by atoms with van der Waals surface area (Å²) in [4.78, 5) is 39.1. The molecule has 0 aliphatic heterocycles. The minimum absolute atomic E-state index is 0.0846. The lowest BCUT2D eigenvalue weighted by Crippen LogP contribution is -2.21. The summed E-state index contributed by atoms with van der Waals surface area (Å²) in [7, 11) is 0. The number of nitrogens with zero attached hydrogens (tertiary/aromatic N) is 2. The molecule has 1 amide bonds. The van der Waals surface area contributed by atoms with Crippen LogP contribution >= 0.6 is 23.1 Å². The van der Waals surface area contributed by atoms with Gasteiger partial charge in [0.1, 0.15) is 5.69 Å². The van der Waals surface area contributed by atoms with Crippen molar-refractivity contribution in [3.05, 3.63) is 57.6 Å². The van der Waals surface area contributed by atoms with Gasteiger partial charge in [-0.2, -0.15) is 0 Å². The summed E-state index contributed by atoms with van der Waals surface area (Å²) in [6.07, 6.45) is 0.763. The van der Waals surface area contributed by atoms with Crippen LogP contribution in [0.5, 0.6) is 0 Å². The number of nitro groups is 1. The van der Waals surface area contributed by atoms with Crippen molar-refractivity contribution in [2.24, 2.45) is 0 Å². The molecule has 0 radical (unpaired) electrons. The maximum atomic E-state index is 12.1. The minimum Gasteiger partial charge on any atom is -0.456 e. The van der Waals surface area contributed by atoms with Crippen LogP contribution in [-0.2, 0) is 14.3 Å². The lowest BCUT2D eigenvalue weighted by Gasteiger charge is -2.09. The molecular weight excluding hydrogens is 438 g/mol. The van der Waals surface area contributed by atoms with E-state index in [-0.39, 0.29) is 17.8 Å². The van der Waals surface area contributed by atoms with Crippen molar-refractivity contribution >= 4 is 56.6 Å². The standard InChI is InChI=1S/C21H21N3O5S2/c1-13-10-16(17(24(27)28)11-14(13)2)22-19(25)12-29-20(26)8-5-9-30-21-23-15-6-3-4-7-18(15)31-21/h3-4,6-7,10-11H,5,8-9,12H2,1-2H3,(H,22,25). The number of carbonyl (C=O) groups is 2. The number of nitro benzene ring substituents is 1. The summed E-state index contributed by atoms with van der Waals surface area (Å²) in [5, 5.41) is 13.6. The fourth-order valence-corrected chi connectivity index (χ4v) is 4.82. The molecule has 10 heteroatoms. The minimum atomic E-state index is -0.622. The zero-order valence-electron chi connectivity index (χ0n) is 17.0. The summed E-state index contributed by atoms with van der Waals surface area (Å²) >= 11 is 3.19. The average Bonchev–Trinajstić information content (AvgIpc) is 3.15. The highest BCUT2D eigenvalue weighted by atomic mass is 32.2. The number of amides is 1. The molecule has 0 unspecified atom stereocenters. The van der Waals surface area contributed by atoms with Gasteiger partial charge in [0.25, 0.3) is 11.6 Å². The molecule has 2 aromatic carbocycles. The predicted molar refractivity (Wildman–Crippen MR) is 122 cm³/mol. The highest BCUT2D eigenvalue weighted by molar-refractivity contribution is 8.01. The fourth-order valence-electron chi connectivity index (χ4n) is 2.75. The monoisotopic (exact) mass is 459 g/mol. The largest absolute Gasteiger partial charge is 0.456 e. The number of nitrogens with one attached hydrogen (secondary N) is 1. The number of fused-ring (bicyclic) bond motifs is 1. The smallest absolute Gasteiger partial charge is 0.306 e. The number of esters is 1. The molecule has 0 spiro atoms. The number of rotatable bonds is 9. The van der Waals surface area contributed by atoms with Crippen LogP contribution in [0.2, 0.25) is 0 Å². The number of benzene rings is 2. The number of carbonyl (C=O) groups excluding carboxylic acids is 2. The van der Waals surface area contributed by atoms with Gasteiger partial charge in [0.05, 0.1) is 15.1 Å². The van der Waals surface area contributed by atoms with E-state index in [2.05, 4.69) is 10.3 Å². The van der Waals surface area contributed by atoms with Crippen LogP contribution in [0.15, 0.2) is 40.7 Å².